The number of amides is 3. The zero-order valence-corrected chi connectivity index (χ0v) is 23.0. The molecule has 0 saturated carbocycles. The van der Waals surface area contributed by atoms with Crippen molar-refractivity contribution in [3.05, 3.63) is 58.1 Å². The molecule has 0 bridgehead atoms. The van der Waals surface area contributed by atoms with E-state index in [0.717, 1.165) is 31.4 Å². The number of fused-ring (bicyclic) bond motifs is 2. The molecule has 2 aliphatic carbocycles. The smallest absolute Gasteiger partial charge is 0.321 e. The summed E-state index contributed by atoms with van der Waals surface area (Å²) in [5.41, 5.74) is 8.70. The number of nitrogens with one attached hydrogen (secondary N) is 3. The average molecular weight is 492 g/mol. The summed E-state index contributed by atoms with van der Waals surface area (Å²) in [4.78, 5) is 25.1. The third-order valence-corrected chi connectivity index (χ3v) is 8.63. The normalized spacial score (nSPS) is 20.5. The Hall–Kier alpha value is -2.86. The molecule has 0 aliphatic heterocycles. The summed E-state index contributed by atoms with van der Waals surface area (Å²) in [7, 11) is 0. The molecule has 0 saturated heterocycles. The fourth-order valence-corrected chi connectivity index (χ4v) is 6.10. The van der Waals surface area contributed by atoms with Gasteiger partial charge in [-0.25, -0.2) is 10.3 Å². The molecule has 0 spiro atoms. The molecule has 0 unspecified atom stereocenters. The quantitative estimate of drug-likeness (QED) is 0.271. The predicted octanol–water partition coefficient (Wildman–Crippen LogP) is 7.15. The summed E-state index contributed by atoms with van der Waals surface area (Å²) in [5, 5.41) is 14.6. The SMILES string of the molecule is CC1(C)CCC(C)(C)c2c1cc1c(c2NC(=O)c2ccc(NC(=O)NO)cc2)C(C)(C)CCC1(C)C. The van der Waals surface area contributed by atoms with Crippen molar-refractivity contribution in [2.24, 2.45) is 0 Å². The van der Waals surface area contributed by atoms with Crippen molar-refractivity contribution in [2.75, 3.05) is 10.6 Å². The molecule has 0 aromatic heterocycles. The second-order valence-corrected chi connectivity index (χ2v) is 13.2. The van der Waals surface area contributed by atoms with Crippen molar-refractivity contribution in [3.8, 4) is 0 Å². The van der Waals surface area contributed by atoms with Gasteiger partial charge in [0.25, 0.3) is 5.91 Å². The van der Waals surface area contributed by atoms with Gasteiger partial charge in [-0.3, -0.25) is 10.0 Å². The van der Waals surface area contributed by atoms with Gasteiger partial charge in [0.2, 0.25) is 0 Å². The van der Waals surface area contributed by atoms with Gasteiger partial charge in [0, 0.05) is 16.9 Å². The van der Waals surface area contributed by atoms with Crippen LogP contribution in [0.3, 0.4) is 0 Å². The number of carbonyl (C=O) groups excluding carboxylic acids is 2. The van der Waals surface area contributed by atoms with Crippen LogP contribution in [0.25, 0.3) is 0 Å². The van der Waals surface area contributed by atoms with E-state index in [4.69, 9.17) is 5.21 Å². The molecule has 0 fully saturated rings. The van der Waals surface area contributed by atoms with Crippen LogP contribution in [0.4, 0.5) is 16.2 Å². The molecule has 3 amide bonds. The van der Waals surface area contributed by atoms with Crippen LogP contribution in [0, 0.1) is 0 Å². The maximum atomic E-state index is 13.7. The van der Waals surface area contributed by atoms with Gasteiger partial charge in [0.05, 0.1) is 0 Å². The molecule has 36 heavy (non-hydrogen) atoms. The lowest BCUT2D eigenvalue weighted by atomic mass is 9.56. The lowest BCUT2D eigenvalue weighted by molar-refractivity contribution is 0.102. The van der Waals surface area contributed by atoms with E-state index in [9.17, 15) is 9.59 Å². The van der Waals surface area contributed by atoms with Crippen molar-refractivity contribution in [3.63, 3.8) is 0 Å². The summed E-state index contributed by atoms with van der Waals surface area (Å²) in [6.45, 7) is 18.5. The molecule has 6 heteroatoms. The van der Waals surface area contributed by atoms with Crippen molar-refractivity contribution in [1.82, 2.24) is 5.48 Å². The summed E-state index contributed by atoms with van der Waals surface area (Å²) in [5.74, 6) is -0.165. The fraction of sp³-hybridized carbons (Fsp3) is 0.533. The Morgan fingerprint density at radius 1 is 0.694 bits per heavy atom. The molecule has 0 atom stereocenters. The monoisotopic (exact) mass is 491 g/mol. The maximum Gasteiger partial charge on any atom is 0.342 e. The van der Waals surface area contributed by atoms with E-state index in [-0.39, 0.29) is 27.6 Å². The van der Waals surface area contributed by atoms with Gasteiger partial charge in [0.15, 0.2) is 0 Å². The van der Waals surface area contributed by atoms with Crippen molar-refractivity contribution >= 4 is 23.3 Å². The number of hydroxylamine groups is 1. The number of hydrogen-bond donors (Lipinski definition) is 4. The van der Waals surface area contributed by atoms with Gasteiger partial charge in [-0.05, 0) is 93.9 Å². The summed E-state index contributed by atoms with van der Waals surface area (Å²) in [6, 6.07) is 8.42. The van der Waals surface area contributed by atoms with E-state index in [1.165, 1.54) is 22.3 Å². The Labute approximate surface area is 215 Å². The number of rotatable bonds is 3. The number of urea groups is 1. The molecular weight excluding hydrogens is 450 g/mol. The minimum absolute atomic E-state index is 0.0254. The summed E-state index contributed by atoms with van der Waals surface area (Å²) in [6.07, 6.45) is 4.34. The molecule has 0 heterocycles. The van der Waals surface area contributed by atoms with Crippen LogP contribution in [-0.2, 0) is 21.7 Å². The molecule has 4 rings (SSSR count). The number of anilines is 2. The lowest BCUT2D eigenvalue weighted by Crippen LogP contribution is -2.41. The zero-order valence-electron chi connectivity index (χ0n) is 23.0. The van der Waals surface area contributed by atoms with Crippen LogP contribution in [0.15, 0.2) is 30.3 Å². The molecule has 194 valence electrons. The van der Waals surface area contributed by atoms with Gasteiger partial charge in [-0.15, -0.1) is 0 Å². The van der Waals surface area contributed by atoms with Crippen molar-refractivity contribution < 1.29 is 14.8 Å². The first-order valence-corrected chi connectivity index (χ1v) is 12.9. The van der Waals surface area contributed by atoms with Crippen LogP contribution in [0.2, 0.25) is 0 Å². The molecule has 2 aromatic rings. The standard InChI is InChI=1S/C30H41N3O3/c1-27(2)13-15-29(5,6)22-20(27)17-21-23(30(7,8)16-14-28(21,3)4)24(22)32-25(34)18-9-11-19(12-10-18)31-26(35)33-36/h9-12,17,36H,13-16H2,1-8H3,(H,32,34)(H2,31,33,35). The number of hydrogen-bond acceptors (Lipinski definition) is 3. The van der Waals surface area contributed by atoms with Gasteiger partial charge < -0.3 is 10.6 Å². The van der Waals surface area contributed by atoms with Crippen molar-refractivity contribution in [2.45, 2.75) is 103 Å². The van der Waals surface area contributed by atoms with E-state index in [2.05, 4.69) is 72.1 Å². The van der Waals surface area contributed by atoms with Crippen LogP contribution >= 0.6 is 0 Å². The van der Waals surface area contributed by atoms with E-state index < -0.39 is 6.03 Å². The maximum absolute atomic E-state index is 13.7. The Kier molecular flexibility index (Phi) is 6.27. The second-order valence-electron chi connectivity index (χ2n) is 13.2. The molecular formula is C30H41N3O3. The second kappa shape index (κ2) is 8.62. The Morgan fingerprint density at radius 3 is 1.58 bits per heavy atom. The van der Waals surface area contributed by atoms with Crippen LogP contribution in [0.1, 0.15) is 114 Å². The van der Waals surface area contributed by atoms with Crippen molar-refractivity contribution in [1.29, 1.82) is 0 Å². The first-order chi connectivity index (χ1) is 16.6. The highest BCUT2D eigenvalue weighted by molar-refractivity contribution is 6.06. The lowest BCUT2D eigenvalue weighted by Gasteiger charge is -2.49. The highest BCUT2D eigenvalue weighted by atomic mass is 16.5. The molecule has 2 aromatic carbocycles. The minimum atomic E-state index is -0.732. The molecule has 6 nitrogen and oxygen atoms in total. The van der Waals surface area contributed by atoms with Gasteiger partial charge in [0.1, 0.15) is 0 Å². The first-order valence-electron chi connectivity index (χ1n) is 12.9. The van der Waals surface area contributed by atoms with E-state index in [1.807, 2.05) is 0 Å². The Morgan fingerprint density at radius 2 is 1.14 bits per heavy atom. The third kappa shape index (κ3) is 4.52. The molecule has 4 N–H and O–H groups in total. The zero-order chi connectivity index (χ0) is 26.7. The summed E-state index contributed by atoms with van der Waals surface area (Å²) < 4.78 is 0. The topological polar surface area (TPSA) is 90.5 Å². The molecule has 2 aliphatic rings. The highest BCUT2D eigenvalue weighted by Gasteiger charge is 2.46. The van der Waals surface area contributed by atoms with Crippen LogP contribution in [-0.4, -0.2) is 17.1 Å². The van der Waals surface area contributed by atoms with E-state index in [0.29, 0.717) is 11.3 Å². The third-order valence-electron chi connectivity index (χ3n) is 8.63. The predicted molar refractivity (Wildman–Crippen MR) is 145 cm³/mol. The van der Waals surface area contributed by atoms with Crippen LogP contribution < -0.4 is 16.1 Å². The number of benzene rings is 2. The molecule has 0 radical (unpaired) electrons. The van der Waals surface area contributed by atoms with Crippen LogP contribution in [0.5, 0.6) is 0 Å². The Balaban J connectivity index is 1.88. The van der Waals surface area contributed by atoms with E-state index in [1.54, 1.807) is 29.7 Å². The summed E-state index contributed by atoms with van der Waals surface area (Å²) >= 11 is 0. The largest absolute Gasteiger partial charge is 0.342 e. The van der Waals surface area contributed by atoms with E-state index >= 15 is 0 Å². The Bertz CT molecular complexity index is 1150. The number of carbonyl (C=O) groups is 2. The van der Waals surface area contributed by atoms with Gasteiger partial charge >= 0.3 is 6.03 Å². The fourth-order valence-electron chi connectivity index (χ4n) is 6.10. The average Bonchev–Trinajstić information content (AvgIpc) is 2.79. The highest BCUT2D eigenvalue weighted by Crippen LogP contribution is 2.56. The van der Waals surface area contributed by atoms with Gasteiger partial charge in [-0.1, -0.05) is 61.5 Å². The van der Waals surface area contributed by atoms with Gasteiger partial charge in [-0.2, -0.15) is 0 Å². The minimum Gasteiger partial charge on any atom is -0.321 e. The first kappa shape index (κ1) is 26.2.